The normalized spacial score (nSPS) is 9.20. The second-order valence-electron chi connectivity index (χ2n) is 6.74. The molecular formula is C28H36Cl3F3O6. The van der Waals surface area contributed by atoms with Gasteiger partial charge in [-0.15, -0.1) is 0 Å². The zero-order valence-corrected chi connectivity index (χ0v) is 22.0. The first kappa shape index (κ1) is 41.8. The van der Waals surface area contributed by atoms with E-state index in [0.717, 1.165) is 18.2 Å². The summed E-state index contributed by atoms with van der Waals surface area (Å²) in [6, 6.07) is 9.92. The van der Waals surface area contributed by atoms with Crippen molar-refractivity contribution in [2.24, 2.45) is 0 Å². The number of ether oxygens (including phenoxy) is 4. The van der Waals surface area contributed by atoms with Crippen molar-refractivity contribution >= 4 is 41.1 Å². The summed E-state index contributed by atoms with van der Waals surface area (Å²) in [6.45, 7) is 1.57. The molecule has 3 rings (SSSR count). The minimum Gasteiger partial charge on any atom is -0.506 e. The lowest BCUT2D eigenvalue weighted by Gasteiger charge is -2.08. The van der Waals surface area contributed by atoms with Crippen LogP contribution in [0, 0.1) is 17.5 Å². The minimum absolute atomic E-state index is 0. The van der Waals surface area contributed by atoms with Gasteiger partial charge in [-0.1, -0.05) is 57.1 Å². The summed E-state index contributed by atoms with van der Waals surface area (Å²) in [4.78, 5) is 10.5. The van der Waals surface area contributed by atoms with E-state index in [4.69, 9.17) is 58.9 Å². The molecule has 0 unspecified atom stereocenters. The highest BCUT2D eigenvalue weighted by Gasteiger charge is 2.11. The Labute approximate surface area is 249 Å². The van der Waals surface area contributed by atoms with Gasteiger partial charge in [0.05, 0.1) is 33.8 Å². The van der Waals surface area contributed by atoms with Crippen LogP contribution in [0.4, 0.5) is 13.2 Å². The number of hydrogen-bond acceptors (Lipinski definition) is 6. The van der Waals surface area contributed by atoms with E-state index in [2.05, 4.69) is 0 Å². The van der Waals surface area contributed by atoms with E-state index in [1.165, 1.54) is 37.4 Å². The molecule has 40 heavy (non-hydrogen) atoms. The second kappa shape index (κ2) is 23.1. The van der Waals surface area contributed by atoms with Crippen molar-refractivity contribution in [3.63, 3.8) is 0 Å². The maximum atomic E-state index is 13.0. The Morgan fingerprint density at radius 2 is 1.20 bits per heavy atom. The lowest BCUT2D eigenvalue weighted by Crippen LogP contribution is -2.05. The quantitative estimate of drug-likeness (QED) is 0.188. The second-order valence-corrected chi connectivity index (χ2v) is 7.94. The number of aldehydes is 1. The van der Waals surface area contributed by atoms with Gasteiger partial charge in [0.25, 0.3) is 0 Å². The van der Waals surface area contributed by atoms with Gasteiger partial charge >= 0.3 is 0 Å². The van der Waals surface area contributed by atoms with Crippen LogP contribution in [0.15, 0.2) is 48.5 Å². The Morgan fingerprint density at radius 1 is 0.725 bits per heavy atom. The molecule has 0 radical (unpaired) electrons. The molecule has 0 heterocycles. The average Bonchev–Trinajstić information content (AvgIpc) is 2.86. The maximum Gasteiger partial charge on any atom is 0.154 e. The number of phenolic OH excluding ortho intramolecular Hbond substituents is 1. The van der Waals surface area contributed by atoms with E-state index < -0.39 is 11.6 Å². The van der Waals surface area contributed by atoms with Gasteiger partial charge in [-0.2, -0.15) is 0 Å². The maximum absolute atomic E-state index is 13.0. The molecule has 3 aromatic carbocycles. The Morgan fingerprint density at radius 3 is 1.65 bits per heavy atom. The van der Waals surface area contributed by atoms with Gasteiger partial charge < -0.3 is 24.1 Å². The molecule has 0 atom stereocenters. The lowest BCUT2D eigenvalue weighted by molar-refractivity contribution is 0.111. The fourth-order valence-corrected chi connectivity index (χ4v) is 2.95. The summed E-state index contributed by atoms with van der Waals surface area (Å²) < 4.78 is 57.7. The van der Waals surface area contributed by atoms with E-state index >= 15 is 0 Å². The van der Waals surface area contributed by atoms with Crippen LogP contribution in [0.2, 0.25) is 15.1 Å². The molecule has 6 nitrogen and oxygen atoms in total. The summed E-state index contributed by atoms with van der Waals surface area (Å²) in [5, 5.41) is 9.04. The van der Waals surface area contributed by atoms with Gasteiger partial charge in [0.15, 0.2) is 6.29 Å². The van der Waals surface area contributed by atoms with Crippen LogP contribution in [-0.2, 0) is 9.47 Å². The number of phenols is 1. The molecule has 0 saturated heterocycles. The number of hydrogen-bond donors (Lipinski definition) is 1. The first-order valence-electron chi connectivity index (χ1n) is 10.4. The summed E-state index contributed by atoms with van der Waals surface area (Å²) in [6.07, 6.45) is 0.362. The number of halogens is 6. The predicted molar refractivity (Wildman–Crippen MR) is 156 cm³/mol. The molecule has 0 saturated carbocycles. The Kier molecular flexibility index (Phi) is 24.1. The standard InChI is InChI=1S/C10H10ClFO3.C9H10ClFO2.C6H4ClFO.3CH4/c1-14-4-5-15-9-3-2-8(12)7(6-13)10(9)11;1-12-4-5-13-9-3-2-7(11)6-8(9)10;7-5-3-4(8)1-2-6(5)9;;;/h2-3,6H,4-5H2,1H3;2-3,6H,4-5H2,1H3;1-3,9H;3*1H4. The van der Waals surface area contributed by atoms with Crippen molar-refractivity contribution in [2.45, 2.75) is 22.3 Å². The van der Waals surface area contributed by atoms with E-state index in [-0.39, 0.29) is 60.2 Å². The molecule has 0 bridgehead atoms. The van der Waals surface area contributed by atoms with Gasteiger partial charge in [0, 0.05) is 14.2 Å². The third-order valence-corrected chi connectivity index (χ3v) is 5.09. The van der Waals surface area contributed by atoms with Crippen molar-refractivity contribution in [2.75, 3.05) is 40.6 Å². The minimum atomic E-state index is -0.658. The van der Waals surface area contributed by atoms with E-state index in [1.54, 1.807) is 7.11 Å². The Balaban J connectivity index is -0.000000508. The zero-order chi connectivity index (χ0) is 27.8. The number of benzene rings is 3. The number of rotatable bonds is 9. The lowest BCUT2D eigenvalue weighted by atomic mass is 10.2. The van der Waals surface area contributed by atoms with E-state index in [0.29, 0.717) is 38.5 Å². The molecule has 0 spiro atoms. The first-order valence-corrected chi connectivity index (χ1v) is 11.5. The topological polar surface area (TPSA) is 74.2 Å². The summed E-state index contributed by atoms with van der Waals surface area (Å²) in [5.41, 5.74) is -0.188. The molecule has 0 aliphatic carbocycles. The number of aromatic hydroxyl groups is 1. The molecule has 3 aromatic rings. The van der Waals surface area contributed by atoms with Crippen LogP contribution >= 0.6 is 34.8 Å². The van der Waals surface area contributed by atoms with Crippen molar-refractivity contribution in [3.8, 4) is 17.2 Å². The van der Waals surface area contributed by atoms with Gasteiger partial charge in [-0.3, -0.25) is 4.79 Å². The SMILES string of the molecule is C.C.C.COCCOc1ccc(F)c(C=O)c1Cl.COCCOc1ccc(F)cc1Cl.Oc1ccc(F)cc1Cl. The fourth-order valence-electron chi connectivity index (χ4n) is 2.31. The summed E-state index contributed by atoms with van der Waals surface area (Å²) in [5.74, 6) is -0.827. The molecule has 226 valence electrons. The van der Waals surface area contributed by atoms with E-state index in [1.807, 2.05) is 0 Å². The molecule has 0 aliphatic rings. The smallest absolute Gasteiger partial charge is 0.154 e. The largest absolute Gasteiger partial charge is 0.506 e. The van der Waals surface area contributed by atoms with Crippen molar-refractivity contribution < 1.29 is 42.0 Å². The average molecular weight is 632 g/mol. The van der Waals surface area contributed by atoms with E-state index in [9.17, 15) is 18.0 Å². The van der Waals surface area contributed by atoms with Gasteiger partial charge in [0.2, 0.25) is 0 Å². The predicted octanol–water partition coefficient (Wildman–Crippen LogP) is 8.91. The number of carbonyl (C=O) groups excluding carboxylic acids is 1. The highest BCUT2D eigenvalue weighted by molar-refractivity contribution is 6.34. The summed E-state index contributed by atoms with van der Waals surface area (Å²) in [7, 11) is 3.11. The first-order chi connectivity index (χ1) is 17.6. The third kappa shape index (κ3) is 15.2. The zero-order valence-electron chi connectivity index (χ0n) is 19.8. The molecule has 12 heteroatoms. The number of methoxy groups -OCH3 is 2. The van der Waals surface area contributed by atoms with Gasteiger partial charge in [-0.25, -0.2) is 13.2 Å². The van der Waals surface area contributed by atoms with Crippen molar-refractivity contribution in [1.29, 1.82) is 0 Å². The molecule has 0 aromatic heterocycles. The van der Waals surface area contributed by atoms with Gasteiger partial charge in [-0.05, 0) is 48.5 Å². The molecule has 0 amide bonds. The van der Waals surface area contributed by atoms with Crippen LogP contribution in [-0.4, -0.2) is 52.0 Å². The summed E-state index contributed by atoms with van der Waals surface area (Å²) >= 11 is 16.8. The number of carbonyl (C=O) groups is 1. The fraction of sp³-hybridized carbons (Fsp3) is 0.321. The van der Waals surface area contributed by atoms with Crippen LogP contribution in [0.5, 0.6) is 17.2 Å². The van der Waals surface area contributed by atoms with Crippen LogP contribution in [0.1, 0.15) is 32.6 Å². The molecule has 0 fully saturated rings. The highest BCUT2D eigenvalue weighted by atomic mass is 35.5. The third-order valence-electron chi connectivity index (χ3n) is 4.10. The molecular weight excluding hydrogens is 596 g/mol. The molecule has 1 N–H and O–H groups in total. The highest BCUT2D eigenvalue weighted by Crippen LogP contribution is 2.29. The van der Waals surface area contributed by atoms with Crippen LogP contribution in [0.25, 0.3) is 0 Å². The van der Waals surface area contributed by atoms with Crippen molar-refractivity contribution in [3.05, 3.63) is 86.6 Å². The van der Waals surface area contributed by atoms with Crippen LogP contribution < -0.4 is 9.47 Å². The van der Waals surface area contributed by atoms with Gasteiger partial charge in [0.1, 0.15) is 47.9 Å². The molecule has 0 aliphatic heterocycles. The van der Waals surface area contributed by atoms with Crippen molar-refractivity contribution in [1.82, 2.24) is 0 Å². The Hall–Kier alpha value is -2.69. The monoisotopic (exact) mass is 630 g/mol. The van der Waals surface area contributed by atoms with Crippen LogP contribution in [0.3, 0.4) is 0 Å². The Bertz CT molecular complexity index is 1140.